The first-order valence-corrected chi connectivity index (χ1v) is 11.8. The highest BCUT2D eigenvalue weighted by molar-refractivity contribution is 5.95. The fourth-order valence-electron chi connectivity index (χ4n) is 4.14. The van der Waals surface area contributed by atoms with Crippen molar-refractivity contribution in [2.75, 3.05) is 25.4 Å². The maximum absolute atomic E-state index is 10.3. The maximum atomic E-state index is 10.3. The monoisotopic (exact) mass is 488 g/mol. The van der Waals surface area contributed by atoms with Crippen LogP contribution in [0.5, 0.6) is 5.75 Å². The lowest BCUT2D eigenvalue weighted by Crippen LogP contribution is -2.23. The van der Waals surface area contributed by atoms with Crippen LogP contribution in [0.3, 0.4) is 0 Å². The maximum Gasteiger partial charge on any atom is 0.199 e. The van der Waals surface area contributed by atoms with Crippen molar-refractivity contribution in [2.45, 2.75) is 26.0 Å². The molecule has 4 heterocycles. The van der Waals surface area contributed by atoms with Gasteiger partial charge in [0, 0.05) is 19.3 Å². The fourth-order valence-corrected chi connectivity index (χ4v) is 4.14. The van der Waals surface area contributed by atoms with Gasteiger partial charge >= 0.3 is 0 Å². The molecule has 0 saturated heterocycles. The molecule has 0 saturated carbocycles. The molecule has 0 aliphatic heterocycles. The Morgan fingerprint density at radius 3 is 2.75 bits per heavy atom. The SMILES string of the molecule is CCn1c(-c2nonc2N)nc2c(-c3ccc[nH]3)ncc(OCCCNCC(O)c3ccccc3)c21. The lowest BCUT2D eigenvalue weighted by Gasteiger charge is -2.13. The predicted octanol–water partition coefficient (Wildman–Crippen LogP) is 3.17. The van der Waals surface area contributed by atoms with E-state index < -0.39 is 6.10 Å². The smallest absolute Gasteiger partial charge is 0.199 e. The summed E-state index contributed by atoms with van der Waals surface area (Å²) in [5, 5.41) is 21.2. The number of aryl methyl sites for hydroxylation is 1. The molecule has 5 aromatic rings. The van der Waals surface area contributed by atoms with Gasteiger partial charge in [-0.25, -0.2) is 14.6 Å². The molecule has 1 atom stereocenters. The van der Waals surface area contributed by atoms with Gasteiger partial charge in [-0.15, -0.1) is 0 Å². The van der Waals surface area contributed by atoms with E-state index in [4.69, 9.17) is 20.1 Å². The summed E-state index contributed by atoms with van der Waals surface area (Å²) in [7, 11) is 0. The zero-order valence-electron chi connectivity index (χ0n) is 19.9. The van der Waals surface area contributed by atoms with Gasteiger partial charge in [-0.3, -0.25) is 0 Å². The molecule has 0 amide bonds. The molecule has 186 valence electrons. The van der Waals surface area contributed by atoms with Gasteiger partial charge in [-0.1, -0.05) is 30.3 Å². The summed E-state index contributed by atoms with van der Waals surface area (Å²) in [6.07, 6.45) is 3.75. The molecule has 0 bridgehead atoms. The Kier molecular flexibility index (Phi) is 6.92. The number of benzene rings is 1. The number of fused-ring (bicyclic) bond motifs is 1. The van der Waals surface area contributed by atoms with Gasteiger partial charge in [0.2, 0.25) is 0 Å². The number of anilines is 1. The van der Waals surface area contributed by atoms with E-state index in [1.54, 1.807) is 6.20 Å². The van der Waals surface area contributed by atoms with Gasteiger partial charge in [0.05, 0.1) is 24.6 Å². The number of hydrogen-bond acceptors (Lipinski definition) is 9. The van der Waals surface area contributed by atoms with Crippen LogP contribution >= 0.6 is 0 Å². The van der Waals surface area contributed by atoms with E-state index >= 15 is 0 Å². The number of nitrogens with two attached hydrogens (primary N) is 1. The number of nitrogens with zero attached hydrogens (tertiary/aromatic N) is 5. The minimum absolute atomic E-state index is 0.167. The molecule has 11 nitrogen and oxygen atoms in total. The highest BCUT2D eigenvalue weighted by Gasteiger charge is 2.24. The Labute approximate surface area is 207 Å². The first-order valence-electron chi connectivity index (χ1n) is 11.8. The minimum Gasteiger partial charge on any atom is -0.490 e. The first-order chi connectivity index (χ1) is 17.7. The van der Waals surface area contributed by atoms with Crippen molar-refractivity contribution in [1.82, 2.24) is 35.1 Å². The van der Waals surface area contributed by atoms with E-state index in [9.17, 15) is 5.11 Å². The summed E-state index contributed by atoms with van der Waals surface area (Å²) in [4.78, 5) is 12.7. The highest BCUT2D eigenvalue weighted by Crippen LogP contribution is 2.36. The van der Waals surface area contributed by atoms with Crippen molar-refractivity contribution < 1.29 is 14.5 Å². The molecule has 5 N–H and O–H groups in total. The Balaban J connectivity index is 1.33. The number of aromatic nitrogens is 6. The van der Waals surface area contributed by atoms with E-state index in [0.717, 1.165) is 23.2 Å². The van der Waals surface area contributed by atoms with Gasteiger partial charge < -0.3 is 30.4 Å². The van der Waals surface area contributed by atoms with E-state index in [-0.39, 0.29) is 5.82 Å². The number of H-pyrrole nitrogens is 1. The molecule has 0 aliphatic rings. The van der Waals surface area contributed by atoms with Crippen molar-refractivity contribution >= 4 is 16.9 Å². The Morgan fingerprint density at radius 2 is 2.03 bits per heavy atom. The van der Waals surface area contributed by atoms with E-state index in [2.05, 4.69) is 25.6 Å². The molecule has 0 radical (unpaired) electrons. The standard InChI is InChI=1S/C25H28N8O3/c1-2-33-23-19(35-13-7-11-27-14-18(34)16-8-4-3-5-9-16)15-29-20(17-10-6-12-28-17)21(23)30-25(33)22-24(26)32-36-31-22/h3-6,8-10,12,15,18,27-28,34H,2,7,11,13-14H2,1H3,(H2,26,32). The molecule has 5 rings (SSSR count). The van der Waals surface area contributed by atoms with Crippen molar-refractivity contribution in [2.24, 2.45) is 0 Å². The van der Waals surface area contributed by atoms with Crippen LogP contribution in [0.2, 0.25) is 0 Å². The fraction of sp³-hybridized carbons (Fsp3) is 0.280. The van der Waals surface area contributed by atoms with Crippen LogP contribution in [0.1, 0.15) is 25.0 Å². The molecule has 36 heavy (non-hydrogen) atoms. The number of aliphatic hydroxyl groups is 1. The Morgan fingerprint density at radius 1 is 1.17 bits per heavy atom. The number of aromatic amines is 1. The topological polar surface area (TPSA) is 153 Å². The van der Waals surface area contributed by atoms with Gasteiger partial charge in [-0.2, -0.15) is 0 Å². The molecular formula is C25H28N8O3. The van der Waals surface area contributed by atoms with Gasteiger partial charge in [0.1, 0.15) is 16.7 Å². The predicted molar refractivity (Wildman–Crippen MR) is 135 cm³/mol. The Hall–Kier alpha value is -4.22. The number of aliphatic hydroxyl groups excluding tert-OH is 1. The number of ether oxygens (including phenoxy) is 1. The lowest BCUT2D eigenvalue weighted by molar-refractivity contribution is 0.173. The van der Waals surface area contributed by atoms with Crippen LogP contribution in [0.15, 0.2) is 59.5 Å². The number of nitrogen functional groups attached to an aromatic ring is 1. The number of imidazole rings is 1. The van der Waals surface area contributed by atoms with Crippen molar-refractivity contribution in [1.29, 1.82) is 0 Å². The van der Waals surface area contributed by atoms with Gasteiger partial charge in [-0.05, 0) is 47.9 Å². The quantitative estimate of drug-likeness (QED) is 0.205. The number of pyridine rings is 1. The van der Waals surface area contributed by atoms with Crippen molar-refractivity contribution in [3.63, 3.8) is 0 Å². The second-order valence-electron chi connectivity index (χ2n) is 8.26. The van der Waals surface area contributed by atoms with E-state index in [1.165, 1.54) is 0 Å². The normalized spacial score (nSPS) is 12.3. The Bertz CT molecular complexity index is 1410. The number of rotatable bonds is 11. The minimum atomic E-state index is -0.549. The molecule has 1 unspecified atom stereocenters. The van der Waals surface area contributed by atoms with Crippen LogP contribution in [-0.2, 0) is 6.54 Å². The van der Waals surface area contributed by atoms with Crippen LogP contribution < -0.4 is 15.8 Å². The first kappa shape index (κ1) is 23.5. The van der Waals surface area contributed by atoms with Crippen LogP contribution in [0.25, 0.3) is 33.9 Å². The molecule has 4 aromatic heterocycles. The zero-order chi connectivity index (χ0) is 24.9. The van der Waals surface area contributed by atoms with Crippen LogP contribution in [0, 0.1) is 0 Å². The molecule has 1 aromatic carbocycles. The number of hydrogen-bond donors (Lipinski definition) is 4. The average Bonchev–Trinajstić information content (AvgIpc) is 3.66. The van der Waals surface area contributed by atoms with Gasteiger partial charge in [0.25, 0.3) is 0 Å². The summed E-state index contributed by atoms with van der Waals surface area (Å²) < 4.78 is 13.0. The zero-order valence-corrected chi connectivity index (χ0v) is 19.9. The molecule has 0 fully saturated rings. The summed E-state index contributed by atoms with van der Waals surface area (Å²) in [6, 6.07) is 13.4. The van der Waals surface area contributed by atoms with E-state index in [1.807, 2.05) is 60.2 Å². The summed E-state index contributed by atoms with van der Waals surface area (Å²) in [5.74, 6) is 1.31. The second kappa shape index (κ2) is 10.6. The summed E-state index contributed by atoms with van der Waals surface area (Å²) >= 11 is 0. The summed E-state index contributed by atoms with van der Waals surface area (Å²) in [6.45, 7) is 4.24. The van der Waals surface area contributed by atoms with Gasteiger partial charge in [0.15, 0.2) is 23.1 Å². The third kappa shape index (κ3) is 4.66. The second-order valence-corrected chi connectivity index (χ2v) is 8.26. The molecular weight excluding hydrogens is 460 g/mol. The molecule has 0 aliphatic carbocycles. The summed E-state index contributed by atoms with van der Waals surface area (Å²) in [5.41, 5.74) is 10.2. The van der Waals surface area contributed by atoms with Crippen molar-refractivity contribution in [3.05, 3.63) is 60.4 Å². The van der Waals surface area contributed by atoms with Crippen LogP contribution in [0.4, 0.5) is 5.82 Å². The van der Waals surface area contributed by atoms with Crippen LogP contribution in [-0.4, -0.2) is 54.6 Å². The molecule has 11 heteroatoms. The van der Waals surface area contributed by atoms with E-state index in [0.29, 0.717) is 54.7 Å². The van der Waals surface area contributed by atoms with Crippen molar-refractivity contribution in [3.8, 4) is 28.7 Å². The average molecular weight is 489 g/mol. The molecule has 0 spiro atoms. The largest absolute Gasteiger partial charge is 0.490 e. The highest BCUT2D eigenvalue weighted by atomic mass is 16.6. The third-order valence-corrected chi connectivity index (χ3v) is 5.91. The third-order valence-electron chi connectivity index (χ3n) is 5.91. The number of nitrogens with one attached hydrogen (secondary N) is 2. The lowest BCUT2D eigenvalue weighted by atomic mass is 10.1.